The van der Waals surface area contributed by atoms with Crippen molar-refractivity contribution in [1.82, 2.24) is 26.6 Å². The van der Waals surface area contributed by atoms with Gasteiger partial charge in [0, 0.05) is 34.5 Å². The minimum absolute atomic E-state index is 0.0443. The number of rotatable bonds is 20. The van der Waals surface area contributed by atoms with Gasteiger partial charge in [0.25, 0.3) is 0 Å². The molecule has 1 heterocycles. The number of hydrogen-bond acceptors (Lipinski definition) is 14. The molecule has 350 valence electrons. The van der Waals surface area contributed by atoms with Gasteiger partial charge in [-0.2, -0.15) is 0 Å². The summed E-state index contributed by atoms with van der Waals surface area (Å²) in [5.41, 5.74) is 3.34. The Morgan fingerprint density at radius 2 is 1.15 bits per heavy atom. The minimum Gasteiger partial charge on any atom is -0.496 e. The van der Waals surface area contributed by atoms with Gasteiger partial charge in [-0.15, -0.1) is 0 Å². The number of anilines is 2. The highest BCUT2D eigenvalue weighted by Crippen LogP contribution is 2.53. The highest BCUT2D eigenvalue weighted by atomic mass is 32.2. The van der Waals surface area contributed by atoms with Crippen molar-refractivity contribution < 1.29 is 57.2 Å². The fourth-order valence-electron chi connectivity index (χ4n) is 6.53. The van der Waals surface area contributed by atoms with Crippen LogP contribution in [0.1, 0.15) is 49.4 Å². The molecule has 0 fully saturated rings. The smallest absolute Gasteiger partial charge is 0.408 e. The number of carbonyl (C=O) groups excluding carboxylic acids is 7. The normalized spacial score (nSPS) is 11.9. The summed E-state index contributed by atoms with van der Waals surface area (Å²) >= 11 is 1.34. The van der Waals surface area contributed by atoms with Crippen LogP contribution < -0.4 is 41.0 Å². The van der Waals surface area contributed by atoms with Gasteiger partial charge in [0.2, 0.25) is 23.6 Å². The van der Waals surface area contributed by atoms with Gasteiger partial charge >= 0.3 is 18.0 Å². The largest absolute Gasteiger partial charge is 0.496 e. The van der Waals surface area contributed by atoms with Gasteiger partial charge in [0.15, 0.2) is 0 Å². The van der Waals surface area contributed by atoms with E-state index in [1.54, 1.807) is 57.2 Å². The summed E-state index contributed by atoms with van der Waals surface area (Å²) in [4.78, 5) is 93.4. The summed E-state index contributed by atoms with van der Waals surface area (Å²) in [6.07, 6.45) is -1.64. The minimum atomic E-state index is -1.42. The second-order valence-electron chi connectivity index (χ2n) is 15.8. The molecule has 1 atom stereocenters. The van der Waals surface area contributed by atoms with Crippen molar-refractivity contribution >= 4 is 64.8 Å². The Hall–Kier alpha value is -7.28. The van der Waals surface area contributed by atoms with E-state index in [4.69, 9.17) is 23.7 Å². The molecule has 0 spiro atoms. The number of esters is 2. The van der Waals surface area contributed by atoms with Gasteiger partial charge in [-0.05, 0) is 56.2 Å². The highest BCUT2D eigenvalue weighted by Gasteiger charge is 2.31. The maximum atomic E-state index is 13.4. The lowest BCUT2D eigenvalue weighted by Gasteiger charge is -2.33. The number of fused-ring (bicyclic) bond motifs is 2. The topological polar surface area (TPSA) is 229 Å². The quantitative estimate of drug-likeness (QED) is 0.0618. The van der Waals surface area contributed by atoms with Crippen LogP contribution in [0.2, 0.25) is 0 Å². The average Bonchev–Trinajstić information content (AvgIpc) is 3.29. The first kappa shape index (κ1) is 49.7. The van der Waals surface area contributed by atoms with Gasteiger partial charge in [0.05, 0.1) is 51.5 Å². The number of methoxy groups -OCH3 is 2. The Morgan fingerprint density at radius 3 is 1.74 bits per heavy atom. The summed E-state index contributed by atoms with van der Waals surface area (Å²) in [5.74, 6) is -2.97. The van der Waals surface area contributed by atoms with Gasteiger partial charge in [-0.3, -0.25) is 28.8 Å². The van der Waals surface area contributed by atoms with E-state index in [-0.39, 0.29) is 39.3 Å². The van der Waals surface area contributed by atoms with E-state index in [2.05, 4.69) is 26.6 Å². The third-order valence-electron chi connectivity index (χ3n) is 9.71. The first-order valence-corrected chi connectivity index (χ1v) is 21.6. The fraction of sp³-hybridized carbons (Fsp3) is 0.340. The van der Waals surface area contributed by atoms with Crippen LogP contribution in [0.4, 0.5) is 16.2 Å². The van der Waals surface area contributed by atoms with E-state index < -0.39 is 66.3 Å². The molecule has 18 nitrogen and oxygen atoms in total. The number of benzene rings is 4. The number of nitrogens with zero attached hydrogens (tertiary/aromatic N) is 1. The number of ether oxygens (including phenoxy) is 5. The summed E-state index contributed by atoms with van der Waals surface area (Å²) < 4.78 is 27.2. The molecule has 4 aromatic carbocycles. The Labute approximate surface area is 386 Å². The molecule has 0 bridgehead atoms. The second kappa shape index (κ2) is 23.6. The zero-order valence-corrected chi connectivity index (χ0v) is 38.4. The van der Waals surface area contributed by atoms with Gasteiger partial charge in [-0.25, -0.2) is 4.79 Å². The lowest BCUT2D eigenvalue weighted by Crippen LogP contribution is -2.50. The first-order valence-electron chi connectivity index (χ1n) is 20.8. The predicted molar refractivity (Wildman–Crippen MR) is 243 cm³/mol. The molecule has 5 rings (SSSR count). The van der Waals surface area contributed by atoms with E-state index in [1.165, 1.54) is 26.0 Å². The van der Waals surface area contributed by atoms with Crippen molar-refractivity contribution in [3.63, 3.8) is 0 Å². The molecular weight excluding hydrogens is 873 g/mol. The van der Waals surface area contributed by atoms with Gasteiger partial charge in [-0.1, -0.05) is 72.4 Å². The van der Waals surface area contributed by atoms with E-state index >= 15 is 0 Å². The molecule has 0 aromatic heterocycles. The van der Waals surface area contributed by atoms with Crippen molar-refractivity contribution in [1.29, 1.82) is 0 Å². The van der Waals surface area contributed by atoms with E-state index in [1.807, 2.05) is 60.5 Å². The van der Waals surface area contributed by atoms with E-state index in [0.717, 1.165) is 16.9 Å². The zero-order chi connectivity index (χ0) is 47.8. The molecule has 1 aliphatic heterocycles. The summed E-state index contributed by atoms with van der Waals surface area (Å²) in [5, 5.41) is 12.7. The third kappa shape index (κ3) is 14.6. The molecule has 0 aliphatic carbocycles. The molecule has 5 N–H and O–H groups in total. The van der Waals surface area contributed by atoms with Crippen LogP contribution in [0.3, 0.4) is 0 Å². The van der Waals surface area contributed by atoms with Crippen molar-refractivity contribution in [2.45, 2.75) is 74.8 Å². The van der Waals surface area contributed by atoms with Crippen LogP contribution in [-0.2, 0) is 69.2 Å². The average molecular weight is 927 g/mol. The lowest BCUT2D eigenvalue weighted by molar-refractivity contribution is -0.156. The summed E-state index contributed by atoms with van der Waals surface area (Å²) in [6.45, 7) is 3.67. The van der Waals surface area contributed by atoms with Crippen molar-refractivity contribution in [3.8, 4) is 11.5 Å². The Kier molecular flexibility index (Phi) is 17.8. The maximum absolute atomic E-state index is 13.4. The molecule has 4 aromatic rings. The monoisotopic (exact) mass is 926 g/mol. The standard InChI is InChI=1S/C47H54N6O12S/c1-47(2,3)65-41(57)22-33(52-46(60)64-28-30-15-11-8-12-16-30)45(59)51-25-40(56)48-23-32-37(62-6)20-18-35-44(32)66-43-31(36(61-5)19-17-34(43)53(35)4)21-38(54)49-24-39(55)50-26-42(58)63-27-29-13-9-7-10-14-29/h7-20,33H,21-28H2,1-6H3,(H,48,56)(H,49,54)(H,50,55)(H,51,59)(H,52,60)/t33-/m0/s1. The molecule has 0 saturated carbocycles. The van der Waals surface area contributed by atoms with Gasteiger partial charge in [0.1, 0.15) is 42.9 Å². The molecule has 1 aliphatic rings. The van der Waals surface area contributed by atoms with Gasteiger partial charge < -0.3 is 55.2 Å². The molecule has 5 amide bonds. The molecule has 0 radical (unpaired) electrons. The zero-order valence-electron chi connectivity index (χ0n) is 37.6. The van der Waals surface area contributed by atoms with Crippen LogP contribution >= 0.6 is 11.8 Å². The molecule has 66 heavy (non-hydrogen) atoms. The Bertz CT molecular complexity index is 2390. The number of nitrogens with one attached hydrogen (secondary N) is 5. The number of alkyl carbamates (subject to hydrolysis) is 1. The Morgan fingerprint density at radius 1 is 0.621 bits per heavy atom. The van der Waals surface area contributed by atoms with Crippen LogP contribution in [0.25, 0.3) is 0 Å². The van der Waals surface area contributed by atoms with Crippen LogP contribution in [-0.4, -0.2) is 94.2 Å². The molecule has 0 unspecified atom stereocenters. The molecule has 19 heteroatoms. The van der Waals surface area contributed by atoms with Crippen LogP contribution in [0, 0.1) is 0 Å². The molecule has 0 saturated heterocycles. The SMILES string of the molecule is COc1ccc2c(c1CNC(=O)CNC(=O)[C@H](CC(=O)OC(C)(C)C)NC(=O)OCc1ccccc1)Sc1c(ccc(OC)c1CC(=O)NCC(=O)NCC(=O)OCc1ccccc1)N2C. The predicted octanol–water partition coefficient (Wildman–Crippen LogP) is 4.21. The van der Waals surface area contributed by atoms with E-state index in [9.17, 15) is 33.6 Å². The third-order valence-corrected chi connectivity index (χ3v) is 11.0. The maximum Gasteiger partial charge on any atom is 0.408 e. The number of carbonyl (C=O) groups is 7. The summed E-state index contributed by atoms with van der Waals surface area (Å²) in [6, 6.07) is 23.8. The summed E-state index contributed by atoms with van der Waals surface area (Å²) in [7, 11) is 4.82. The van der Waals surface area contributed by atoms with Crippen LogP contribution in [0.5, 0.6) is 11.5 Å². The van der Waals surface area contributed by atoms with E-state index in [0.29, 0.717) is 38.0 Å². The number of hydrogen-bond donors (Lipinski definition) is 5. The first-order chi connectivity index (χ1) is 31.5. The van der Waals surface area contributed by atoms with Crippen molar-refractivity contribution in [2.75, 3.05) is 45.8 Å². The van der Waals surface area contributed by atoms with Crippen LogP contribution in [0.15, 0.2) is 94.7 Å². The fourth-order valence-corrected chi connectivity index (χ4v) is 7.95. The Balaban J connectivity index is 1.21. The molecular formula is C47H54N6O12S. The second-order valence-corrected chi connectivity index (χ2v) is 16.8. The highest BCUT2D eigenvalue weighted by molar-refractivity contribution is 7.99. The van der Waals surface area contributed by atoms with Crippen molar-refractivity contribution in [3.05, 3.63) is 107 Å². The number of amides is 5. The lowest BCUT2D eigenvalue weighted by atomic mass is 10.1. The van der Waals surface area contributed by atoms with Crippen molar-refractivity contribution in [2.24, 2.45) is 0 Å².